The van der Waals surface area contributed by atoms with Crippen molar-refractivity contribution in [3.05, 3.63) is 193 Å². The number of benzene rings is 8. The quantitative estimate of drug-likeness (QED) is 0.139. The summed E-state index contributed by atoms with van der Waals surface area (Å²) in [6.07, 6.45) is 0. The molecule has 0 bridgehead atoms. The van der Waals surface area contributed by atoms with Crippen molar-refractivity contribution in [2.45, 2.75) is 58.5 Å². The third kappa shape index (κ3) is 6.79. The second-order valence-electron chi connectivity index (χ2n) is 19.5. The van der Waals surface area contributed by atoms with E-state index in [1.807, 2.05) is 0 Å². The van der Waals surface area contributed by atoms with Crippen LogP contribution in [0.4, 0.5) is 17.1 Å². The average molecular weight is 823 g/mol. The number of aromatic nitrogens is 1. The Kier molecular flexibility index (Phi) is 9.24. The lowest BCUT2D eigenvalue weighted by Crippen LogP contribution is -2.38. The molecule has 0 N–H and O–H groups in total. The van der Waals surface area contributed by atoms with Crippen LogP contribution in [0.25, 0.3) is 60.9 Å². The summed E-state index contributed by atoms with van der Waals surface area (Å²) in [5.74, 6) is 0. The molecule has 1 aromatic heterocycles. The van der Waals surface area contributed by atoms with Crippen molar-refractivity contribution in [2.75, 3.05) is 4.90 Å². The van der Waals surface area contributed by atoms with E-state index >= 15 is 0 Å². The van der Waals surface area contributed by atoms with E-state index in [4.69, 9.17) is 0 Å². The van der Waals surface area contributed by atoms with E-state index in [1.165, 1.54) is 88.1 Å². The van der Waals surface area contributed by atoms with Crippen molar-refractivity contribution in [3.63, 3.8) is 0 Å². The molecule has 0 atom stereocenters. The van der Waals surface area contributed by atoms with Crippen molar-refractivity contribution in [2.24, 2.45) is 0 Å². The monoisotopic (exact) mass is 822 g/mol. The van der Waals surface area contributed by atoms with Gasteiger partial charge in [-0.3, -0.25) is 0 Å². The van der Waals surface area contributed by atoms with Gasteiger partial charge in [0.2, 0.25) is 0 Å². The maximum absolute atomic E-state index is 2.52. The van der Waals surface area contributed by atoms with Gasteiger partial charge in [0.25, 0.3) is 0 Å². The lowest BCUT2D eigenvalue weighted by atomic mass is 9.82. The van der Waals surface area contributed by atoms with E-state index in [0.29, 0.717) is 0 Å². The lowest BCUT2D eigenvalue weighted by Gasteiger charge is -2.28. The third-order valence-corrected chi connectivity index (χ3v) is 17.2. The Morgan fingerprint density at radius 3 is 1.49 bits per heavy atom. The summed E-state index contributed by atoms with van der Waals surface area (Å²) >= 11 is 0. The van der Waals surface area contributed by atoms with Crippen LogP contribution in [0, 0.1) is 0 Å². The van der Waals surface area contributed by atoms with Crippen molar-refractivity contribution in [1.29, 1.82) is 0 Å². The van der Waals surface area contributed by atoms with Crippen LogP contribution >= 0.6 is 0 Å². The Morgan fingerprint density at radius 1 is 0.393 bits per heavy atom. The molecule has 0 fully saturated rings. The molecule has 2 nitrogen and oxygen atoms in total. The zero-order chi connectivity index (χ0) is 42.3. The van der Waals surface area contributed by atoms with Gasteiger partial charge in [0.05, 0.1) is 27.2 Å². The van der Waals surface area contributed by atoms with Gasteiger partial charge < -0.3 is 9.47 Å². The van der Waals surface area contributed by atoms with Crippen molar-refractivity contribution < 1.29 is 0 Å². The van der Waals surface area contributed by atoms with Crippen molar-refractivity contribution in [1.82, 2.24) is 4.57 Å². The Labute approximate surface area is 363 Å². The standard InChI is InChI=1S/C57H54N2Si2/c1-57(2)53-37-46(29-33-49(53)50-34-32-48(38-54(50)57)61(6,7)8)58(44-25-18-39(19-26-44)40-22-30-47(31-23-40)60(3,4)5)45-27-20-41(21-28-45)42-24-35-56-52(36-42)51-16-12-13-17-55(51)59(56)43-14-10-9-11-15-43/h9-38H,1-8H3. The Morgan fingerprint density at radius 2 is 0.869 bits per heavy atom. The number of hydrogen-bond donors (Lipinski definition) is 0. The fourth-order valence-corrected chi connectivity index (χ4v) is 11.9. The van der Waals surface area contributed by atoms with Gasteiger partial charge in [-0.15, -0.1) is 0 Å². The molecule has 1 aliphatic carbocycles. The SMILES string of the molecule is CC1(C)c2cc(N(c3ccc(-c4ccc([Si](C)(C)C)cc4)cc3)c3ccc(-c4ccc5c(c4)c4ccccc4n5-c4ccccc4)cc3)ccc2-c2ccc([Si](C)(C)C)cc21. The van der Waals surface area contributed by atoms with E-state index in [1.54, 1.807) is 0 Å². The van der Waals surface area contributed by atoms with Crippen LogP contribution < -0.4 is 15.3 Å². The van der Waals surface area contributed by atoms with Crippen LogP contribution in [-0.2, 0) is 5.41 Å². The molecule has 0 amide bonds. The fraction of sp³-hybridized carbons (Fsp3) is 0.158. The second-order valence-corrected chi connectivity index (χ2v) is 29.7. The minimum absolute atomic E-state index is 0.111. The van der Waals surface area contributed by atoms with Crippen molar-refractivity contribution >= 4 is 65.4 Å². The first kappa shape index (κ1) is 39.0. The summed E-state index contributed by atoms with van der Waals surface area (Å²) in [6.45, 7) is 19.4. The second kappa shape index (κ2) is 14.5. The highest BCUT2D eigenvalue weighted by molar-refractivity contribution is 6.89. The van der Waals surface area contributed by atoms with Crippen molar-refractivity contribution in [3.8, 4) is 39.1 Å². The molecule has 0 unspecified atom stereocenters. The van der Waals surface area contributed by atoms with Gasteiger partial charge in [0, 0.05) is 38.9 Å². The molecule has 9 aromatic rings. The molecule has 0 spiro atoms. The van der Waals surface area contributed by atoms with E-state index in [-0.39, 0.29) is 5.41 Å². The minimum Gasteiger partial charge on any atom is -0.310 e. The van der Waals surface area contributed by atoms with Gasteiger partial charge in [-0.05, 0) is 111 Å². The Bertz CT molecular complexity index is 3090. The lowest BCUT2D eigenvalue weighted by molar-refractivity contribution is 0.661. The zero-order valence-corrected chi connectivity index (χ0v) is 38.7. The highest BCUT2D eigenvalue weighted by Gasteiger charge is 2.37. The molecule has 300 valence electrons. The predicted octanol–water partition coefficient (Wildman–Crippen LogP) is 15.0. The number of nitrogens with zero attached hydrogens (tertiary/aromatic N) is 2. The summed E-state index contributed by atoms with van der Waals surface area (Å²) in [5.41, 5.74) is 17.4. The van der Waals surface area contributed by atoms with Crippen LogP contribution in [-0.4, -0.2) is 20.7 Å². The predicted molar refractivity (Wildman–Crippen MR) is 270 cm³/mol. The fourth-order valence-electron chi connectivity index (χ4n) is 9.55. The molecular formula is C57H54N2Si2. The summed E-state index contributed by atoms with van der Waals surface area (Å²) in [4.78, 5) is 2.44. The average Bonchev–Trinajstić information content (AvgIpc) is 3.71. The highest BCUT2D eigenvalue weighted by Crippen LogP contribution is 2.51. The number of fused-ring (bicyclic) bond motifs is 6. The number of para-hydroxylation sites is 2. The van der Waals surface area contributed by atoms with Gasteiger partial charge in [-0.2, -0.15) is 0 Å². The smallest absolute Gasteiger partial charge is 0.0776 e. The maximum atomic E-state index is 2.52. The van der Waals surface area contributed by atoms with Gasteiger partial charge in [-0.25, -0.2) is 0 Å². The summed E-state index contributed by atoms with van der Waals surface area (Å²) in [5, 5.41) is 5.53. The molecule has 8 aromatic carbocycles. The molecule has 0 radical (unpaired) electrons. The Hall–Kier alpha value is -6.21. The van der Waals surface area contributed by atoms with Crippen LogP contribution in [0.3, 0.4) is 0 Å². The van der Waals surface area contributed by atoms with Crippen LogP contribution in [0.15, 0.2) is 182 Å². The molecule has 1 aliphatic rings. The van der Waals surface area contributed by atoms with Gasteiger partial charge in [-0.1, -0.05) is 179 Å². The number of hydrogen-bond acceptors (Lipinski definition) is 1. The highest BCUT2D eigenvalue weighted by atomic mass is 28.3. The zero-order valence-electron chi connectivity index (χ0n) is 36.7. The van der Waals surface area contributed by atoms with E-state index in [0.717, 1.165) is 11.4 Å². The molecule has 1 heterocycles. The van der Waals surface area contributed by atoms with Crippen LogP contribution in [0.1, 0.15) is 25.0 Å². The normalized spacial score (nSPS) is 13.4. The van der Waals surface area contributed by atoms with E-state index in [2.05, 4.69) is 245 Å². The van der Waals surface area contributed by atoms with Gasteiger partial charge in [0.1, 0.15) is 0 Å². The topological polar surface area (TPSA) is 8.17 Å². The molecule has 10 rings (SSSR count). The maximum Gasteiger partial charge on any atom is 0.0776 e. The molecule has 0 saturated carbocycles. The first-order chi connectivity index (χ1) is 29.3. The largest absolute Gasteiger partial charge is 0.310 e. The molecule has 61 heavy (non-hydrogen) atoms. The van der Waals surface area contributed by atoms with Crippen LogP contribution in [0.5, 0.6) is 0 Å². The summed E-state index contributed by atoms with van der Waals surface area (Å²) in [6, 6.07) is 68.4. The Balaban J connectivity index is 1.05. The van der Waals surface area contributed by atoms with Crippen LogP contribution in [0.2, 0.25) is 39.3 Å². The molecule has 0 aliphatic heterocycles. The number of rotatable bonds is 8. The summed E-state index contributed by atoms with van der Waals surface area (Å²) in [7, 11) is -2.85. The van der Waals surface area contributed by atoms with E-state index in [9.17, 15) is 0 Å². The first-order valence-electron chi connectivity index (χ1n) is 21.8. The molecular weight excluding hydrogens is 769 g/mol. The first-order valence-corrected chi connectivity index (χ1v) is 28.8. The summed E-state index contributed by atoms with van der Waals surface area (Å²) < 4.78 is 2.38. The third-order valence-electron chi connectivity index (χ3n) is 13.1. The molecule has 0 saturated heterocycles. The minimum atomic E-state index is -1.48. The van der Waals surface area contributed by atoms with Gasteiger partial charge in [0.15, 0.2) is 0 Å². The number of anilines is 3. The molecule has 4 heteroatoms. The van der Waals surface area contributed by atoms with Gasteiger partial charge >= 0.3 is 0 Å². The van der Waals surface area contributed by atoms with E-state index < -0.39 is 16.1 Å².